The molecule has 1 fully saturated rings. The SMILES string of the molecule is C.CCOC(=O)c1c(N2CCN(C(=O)c3ccc(Cl)c(Cl)c3)CC2)c2ccccc2n(CCCN(C)C)c1=O. The number of ether oxygens (including phenoxy) is 1. The third-order valence-electron chi connectivity index (χ3n) is 6.66. The molecule has 0 saturated carbocycles. The van der Waals surface area contributed by atoms with Crippen LogP contribution in [0.1, 0.15) is 41.5 Å². The smallest absolute Gasteiger partial charge is 0.345 e. The van der Waals surface area contributed by atoms with Crippen molar-refractivity contribution >= 4 is 51.7 Å². The number of benzene rings is 2. The number of nitrogens with zero attached hydrogens (tertiary/aromatic N) is 4. The van der Waals surface area contributed by atoms with Crippen LogP contribution in [0.15, 0.2) is 47.3 Å². The maximum absolute atomic E-state index is 13.8. The zero-order chi connectivity index (χ0) is 27.4. The highest BCUT2D eigenvalue weighted by Crippen LogP contribution is 2.31. The Morgan fingerprint density at radius 3 is 2.33 bits per heavy atom. The second-order valence-electron chi connectivity index (χ2n) is 9.48. The van der Waals surface area contributed by atoms with Crippen LogP contribution >= 0.6 is 23.2 Å². The maximum Gasteiger partial charge on any atom is 0.345 e. The number of pyridine rings is 1. The number of para-hydroxylation sites is 1. The van der Waals surface area contributed by atoms with Crippen LogP contribution < -0.4 is 10.5 Å². The van der Waals surface area contributed by atoms with Crippen LogP contribution in [0.3, 0.4) is 0 Å². The molecule has 210 valence electrons. The zero-order valence-corrected chi connectivity index (χ0v) is 23.4. The van der Waals surface area contributed by atoms with Gasteiger partial charge in [-0.25, -0.2) is 4.79 Å². The molecule has 2 aromatic carbocycles. The lowest BCUT2D eigenvalue weighted by Gasteiger charge is -2.37. The fraction of sp³-hybridized carbons (Fsp3) is 0.414. The van der Waals surface area contributed by atoms with Gasteiger partial charge in [-0.3, -0.25) is 9.59 Å². The highest BCUT2D eigenvalue weighted by Gasteiger charge is 2.30. The number of aryl methyl sites for hydroxylation is 1. The molecule has 3 aromatic rings. The van der Waals surface area contributed by atoms with E-state index in [1.165, 1.54) is 0 Å². The largest absolute Gasteiger partial charge is 0.462 e. The number of amides is 1. The minimum absolute atomic E-state index is 0. The quantitative estimate of drug-likeness (QED) is 0.351. The molecule has 1 aliphatic rings. The topological polar surface area (TPSA) is 75.1 Å². The normalized spacial score (nSPS) is 13.5. The molecule has 10 heteroatoms. The first-order chi connectivity index (χ1) is 18.2. The number of aromatic nitrogens is 1. The first kappa shape index (κ1) is 30.5. The van der Waals surface area contributed by atoms with Crippen molar-refractivity contribution in [3.8, 4) is 0 Å². The Bertz CT molecular complexity index is 1400. The molecule has 1 aromatic heterocycles. The highest BCUT2D eigenvalue weighted by molar-refractivity contribution is 6.42. The lowest BCUT2D eigenvalue weighted by atomic mass is 10.1. The first-order valence-corrected chi connectivity index (χ1v) is 13.4. The van der Waals surface area contributed by atoms with Gasteiger partial charge in [0.1, 0.15) is 5.56 Å². The van der Waals surface area contributed by atoms with Crippen molar-refractivity contribution in [2.24, 2.45) is 0 Å². The van der Waals surface area contributed by atoms with Crippen molar-refractivity contribution in [3.05, 3.63) is 74.0 Å². The third kappa shape index (κ3) is 6.57. The van der Waals surface area contributed by atoms with Crippen molar-refractivity contribution in [1.29, 1.82) is 0 Å². The summed E-state index contributed by atoms with van der Waals surface area (Å²) in [4.78, 5) is 45.9. The lowest BCUT2D eigenvalue weighted by Crippen LogP contribution is -2.49. The van der Waals surface area contributed by atoms with Gasteiger partial charge in [0.25, 0.3) is 11.5 Å². The predicted octanol–water partition coefficient (Wildman–Crippen LogP) is 5.04. The van der Waals surface area contributed by atoms with Gasteiger partial charge in [-0.1, -0.05) is 48.8 Å². The molecule has 8 nitrogen and oxygen atoms in total. The lowest BCUT2D eigenvalue weighted by molar-refractivity contribution is 0.0523. The number of esters is 1. The number of halogens is 2. The van der Waals surface area contributed by atoms with Gasteiger partial charge in [0.05, 0.1) is 27.9 Å². The molecule has 0 bridgehead atoms. The Hall–Kier alpha value is -3.07. The molecule has 39 heavy (non-hydrogen) atoms. The van der Waals surface area contributed by atoms with E-state index < -0.39 is 5.97 Å². The van der Waals surface area contributed by atoms with Gasteiger partial charge in [-0.2, -0.15) is 0 Å². The summed E-state index contributed by atoms with van der Waals surface area (Å²) in [5, 5.41) is 1.53. The number of piperazine rings is 1. The van der Waals surface area contributed by atoms with Crippen molar-refractivity contribution in [2.75, 3.05) is 58.3 Å². The highest BCUT2D eigenvalue weighted by atomic mass is 35.5. The minimum Gasteiger partial charge on any atom is -0.462 e. The molecule has 0 spiro atoms. The van der Waals surface area contributed by atoms with Crippen LogP contribution in [0, 0.1) is 0 Å². The number of carbonyl (C=O) groups is 2. The summed E-state index contributed by atoms with van der Waals surface area (Å²) >= 11 is 12.1. The van der Waals surface area contributed by atoms with Crippen molar-refractivity contribution in [2.45, 2.75) is 27.3 Å². The van der Waals surface area contributed by atoms with Gasteiger partial charge >= 0.3 is 5.97 Å². The Kier molecular flexibility index (Phi) is 10.4. The molecule has 1 saturated heterocycles. The summed E-state index contributed by atoms with van der Waals surface area (Å²) in [6, 6.07) is 12.5. The molecule has 0 unspecified atom stereocenters. The van der Waals surface area contributed by atoms with E-state index in [0.717, 1.165) is 23.9 Å². The average Bonchev–Trinajstić information content (AvgIpc) is 2.90. The summed E-state index contributed by atoms with van der Waals surface area (Å²) in [5.41, 5.74) is 1.49. The van der Waals surface area contributed by atoms with Gasteiger partial charge in [0.2, 0.25) is 0 Å². The molecule has 1 aliphatic heterocycles. The summed E-state index contributed by atoms with van der Waals surface area (Å²) in [6.07, 6.45) is 0.758. The Morgan fingerprint density at radius 2 is 1.69 bits per heavy atom. The van der Waals surface area contributed by atoms with Gasteiger partial charge in [0, 0.05) is 43.7 Å². The average molecular weight is 576 g/mol. The molecule has 4 rings (SSSR count). The molecular formula is C29H36Cl2N4O4. The first-order valence-electron chi connectivity index (χ1n) is 12.7. The van der Waals surface area contributed by atoms with E-state index in [0.29, 0.717) is 54.0 Å². The summed E-state index contributed by atoms with van der Waals surface area (Å²) < 4.78 is 7.03. The van der Waals surface area contributed by atoms with E-state index in [1.54, 1.807) is 34.6 Å². The number of fused-ring (bicyclic) bond motifs is 1. The van der Waals surface area contributed by atoms with E-state index in [9.17, 15) is 14.4 Å². The van der Waals surface area contributed by atoms with Crippen LogP contribution in [0.4, 0.5) is 5.69 Å². The predicted molar refractivity (Wildman–Crippen MR) is 159 cm³/mol. The standard InChI is InChI=1S/C28H32Cl2N4O4.CH4/c1-4-38-28(37)24-25(20-8-5-6-9-23(20)34(27(24)36)13-7-12-31(2)3)32-14-16-33(17-15-32)26(35)19-10-11-21(29)22(30)18-19;/h5-6,8-11,18H,4,7,12-17H2,1-3H3;1H4. The molecule has 0 aliphatic carbocycles. The fourth-order valence-corrected chi connectivity index (χ4v) is 5.12. The van der Waals surface area contributed by atoms with Crippen LogP contribution in [-0.2, 0) is 11.3 Å². The third-order valence-corrected chi connectivity index (χ3v) is 7.40. The second-order valence-corrected chi connectivity index (χ2v) is 10.3. The van der Waals surface area contributed by atoms with Crippen molar-refractivity contribution in [3.63, 3.8) is 0 Å². The molecule has 1 amide bonds. The monoisotopic (exact) mass is 574 g/mol. The van der Waals surface area contributed by atoms with Crippen LogP contribution in [0.2, 0.25) is 10.0 Å². The summed E-state index contributed by atoms with van der Waals surface area (Å²) in [5.74, 6) is -0.774. The number of carbonyl (C=O) groups excluding carboxylic acids is 2. The molecule has 0 radical (unpaired) electrons. The van der Waals surface area contributed by atoms with Gasteiger partial charge in [-0.05, 0) is 58.3 Å². The van der Waals surface area contributed by atoms with E-state index in [2.05, 4.69) is 4.90 Å². The van der Waals surface area contributed by atoms with E-state index in [-0.39, 0.29) is 31.1 Å². The van der Waals surface area contributed by atoms with E-state index >= 15 is 0 Å². The summed E-state index contributed by atoms with van der Waals surface area (Å²) in [6.45, 7) is 4.92. The molecule has 0 N–H and O–H groups in total. The van der Waals surface area contributed by atoms with Crippen molar-refractivity contribution < 1.29 is 14.3 Å². The fourth-order valence-electron chi connectivity index (χ4n) is 4.82. The Labute approximate surface area is 239 Å². The van der Waals surface area contributed by atoms with Crippen molar-refractivity contribution in [1.82, 2.24) is 14.4 Å². The minimum atomic E-state index is -0.631. The number of hydrogen-bond donors (Lipinski definition) is 0. The van der Waals surface area contributed by atoms with E-state index in [1.807, 2.05) is 43.3 Å². The van der Waals surface area contributed by atoms with Gasteiger partial charge < -0.3 is 24.0 Å². The van der Waals surface area contributed by atoms with Gasteiger partial charge in [-0.15, -0.1) is 0 Å². The number of hydrogen-bond acceptors (Lipinski definition) is 6. The maximum atomic E-state index is 13.8. The molecular weight excluding hydrogens is 539 g/mol. The Morgan fingerprint density at radius 1 is 1.00 bits per heavy atom. The summed E-state index contributed by atoms with van der Waals surface area (Å²) in [7, 11) is 3.97. The zero-order valence-electron chi connectivity index (χ0n) is 21.9. The Balaban J connectivity index is 0.00000420. The van der Waals surface area contributed by atoms with Crippen LogP contribution in [0.25, 0.3) is 10.9 Å². The number of rotatable bonds is 8. The molecule has 2 heterocycles. The van der Waals surface area contributed by atoms with Crippen LogP contribution in [-0.4, -0.2) is 79.7 Å². The second kappa shape index (κ2) is 13.3. The van der Waals surface area contributed by atoms with Crippen LogP contribution in [0.5, 0.6) is 0 Å². The number of anilines is 1. The molecule has 0 atom stereocenters. The van der Waals surface area contributed by atoms with E-state index in [4.69, 9.17) is 27.9 Å². The van der Waals surface area contributed by atoms with Gasteiger partial charge in [0.15, 0.2) is 0 Å².